The molecule has 0 aromatic heterocycles. The Labute approximate surface area is 177 Å². The predicted molar refractivity (Wildman–Crippen MR) is 115 cm³/mol. The van der Waals surface area contributed by atoms with Crippen molar-refractivity contribution in [2.45, 2.75) is 13.5 Å². The van der Waals surface area contributed by atoms with E-state index in [-0.39, 0.29) is 31.4 Å². The van der Waals surface area contributed by atoms with Crippen molar-refractivity contribution in [1.82, 2.24) is 10.2 Å². The third kappa shape index (κ3) is 6.66. The molecule has 8 heteroatoms. The number of aryl methyl sites for hydroxylation is 1. The van der Waals surface area contributed by atoms with Crippen LogP contribution in [0.5, 0.6) is 17.2 Å². The minimum atomic E-state index is -0.211. The van der Waals surface area contributed by atoms with E-state index in [1.807, 2.05) is 31.2 Å². The van der Waals surface area contributed by atoms with Crippen LogP contribution in [0.3, 0.4) is 0 Å². The van der Waals surface area contributed by atoms with Crippen molar-refractivity contribution >= 4 is 17.5 Å². The highest BCUT2D eigenvalue weighted by atomic mass is 16.5. The first kappa shape index (κ1) is 23.0. The van der Waals surface area contributed by atoms with Crippen molar-refractivity contribution in [2.75, 3.05) is 46.8 Å². The van der Waals surface area contributed by atoms with Gasteiger partial charge >= 0.3 is 0 Å². The molecule has 2 rings (SSSR count). The van der Waals surface area contributed by atoms with Crippen LogP contribution in [0.1, 0.15) is 11.1 Å². The maximum Gasteiger partial charge on any atom is 0.238 e. The molecule has 2 aromatic rings. The summed E-state index contributed by atoms with van der Waals surface area (Å²) in [7, 11) is 6.35. The normalized spacial score (nSPS) is 10.5. The molecule has 0 atom stereocenters. The van der Waals surface area contributed by atoms with Gasteiger partial charge in [0.2, 0.25) is 11.8 Å². The molecule has 0 heterocycles. The van der Waals surface area contributed by atoms with Gasteiger partial charge in [-0.15, -0.1) is 0 Å². The Morgan fingerprint density at radius 2 is 1.43 bits per heavy atom. The maximum atomic E-state index is 12.3. The average molecular weight is 415 g/mol. The Bertz CT molecular complexity index is 868. The van der Waals surface area contributed by atoms with Gasteiger partial charge in [-0.05, 0) is 32.2 Å². The number of carbonyl (C=O) groups is 2. The van der Waals surface area contributed by atoms with Gasteiger partial charge in [0, 0.05) is 23.9 Å². The standard InChI is InChI=1S/C22H29N3O5/c1-15-6-8-17(9-7-15)24-22(27)14-25(2)13-21(26)23-12-16-10-19(29-4)20(30-5)11-18(16)28-3/h6-11H,12-14H2,1-5H3,(H,23,26)(H,24,27). The summed E-state index contributed by atoms with van der Waals surface area (Å²) < 4.78 is 15.9. The van der Waals surface area contributed by atoms with E-state index in [0.717, 1.165) is 16.8 Å². The molecule has 30 heavy (non-hydrogen) atoms. The van der Waals surface area contributed by atoms with Gasteiger partial charge in [0.05, 0.1) is 34.4 Å². The highest BCUT2D eigenvalue weighted by Crippen LogP contribution is 2.34. The lowest BCUT2D eigenvalue weighted by atomic mass is 10.1. The SMILES string of the molecule is COc1cc(OC)c(OC)cc1CNC(=O)CN(C)CC(=O)Nc1ccc(C)cc1. The fourth-order valence-corrected chi connectivity index (χ4v) is 2.86. The largest absolute Gasteiger partial charge is 0.496 e. The lowest BCUT2D eigenvalue weighted by Crippen LogP contribution is -2.38. The van der Waals surface area contributed by atoms with Gasteiger partial charge in [-0.3, -0.25) is 14.5 Å². The zero-order valence-corrected chi connectivity index (χ0v) is 18.1. The van der Waals surface area contributed by atoms with Crippen LogP contribution in [0, 0.1) is 6.92 Å². The van der Waals surface area contributed by atoms with Crippen molar-refractivity contribution in [3.05, 3.63) is 47.5 Å². The fourth-order valence-electron chi connectivity index (χ4n) is 2.86. The maximum absolute atomic E-state index is 12.3. The van der Waals surface area contributed by atoms with Crippen molar-refractivity contribution in [1.29, 1.82) is 0 Å². The van der Waals surface area contributed by atoms with Crippen LogP contribution < -0.4 is 24.8 Å². The number of anilines is 1. The number of rotatable bonds is 10. The van der Waals surface area contributed by atoms with Crippen LogP contribution in [-0.2, 0) is 16.1 Å². The smallest absolute Gasteiger partial charge is 0.238 e. The second-order valence-electron chi connectivity index (χ2n) is 6.88. The summed E-state index contributed by atoms with van der Waals surface area (Å²) in [4.78, 5) is 26.1. The third-order valence-electron chi connectivity index (χ3n) is 4.42. The van der Waals surface area contributed by atoms with Gasteiger partial charge in [-0.25, -0.2) is 0 Å². The summed E-state index contributed by atoms with van der Waals surface area (Å²) in [6, 6.07) is 11.0. The fraction of sp³-hybridized carbons (Fsp3) is 0.364. The van der Waals surface area contributed by atoms with Gasteiger partial charge in [0.1, 0.15) is 5.75 Å². The van der Waals surface area contributed by atoms with Crippen LogP contribution in [0.4, 0.5) is 5.69 Å². The molecule has 0 aliphatic carbocycles. The molecular formula is C22H29N3O5. The number of likely N-dealkylation sites (N-methyl/N-ethyl adjacent to an activating group) is 1. The van der Waals surface area contributed by atoms with E-state index in [0.29, 0.717) is 17.2 Å². The number of amides is 2. The molecule has 0 radical (unpaired) electrons. The molecule has 2 N–H and O–H groups in total. The summed E-state index contributed by atoms with van der Waals surface area (Å²) in [5.74, 6) is 1.28. The molecule has 0 bridgehead atoms. The molecule has 0 fully saturated rings. The monoisotopic (exact) mass is 415 g/mol. The first-order valence-electron chi connectivity index (χ1n) is 9.47. The van der Waals surface area contributed by atoms with Crippen molar-refractivity contribution in [3.63, 3.8) is 0 Å². The molecule has 0 aliphatic heterocycles. The molecule has 0 saturated heterocycles. The van der Waals surface area contributed by atoms with Gasteiger partial charge in [-0.2, -0.15) is 0 Å². The number of hydrogen-bond donors (Lipinski definition) is 2. The van der Waals surface area contributed by atoms with Crippen LogP contribution >= 0.6 is 0 Å². The molecule has 2 amide bonds. The Kier molecular flexibility index (Phi) is 8.49. The molecule has 0 saturated carbocycles. The van der Waals surface area contributed by atoms with Crippen LogP contribution in [0.25, 0.3) is 0 Å². The van der Waals surface area contributed by atoms with Gasteiger partial charge in [0.25, 0.3) is 0 Å². The highest BCUT2D eigenvalue weighted by molar-refractivity contribution is 5.92. The zero-order valence-electron chi connectivity index (χ0n) is 18.1. The predicted octanol–water partition coefficient (Wildman–Crippen LogP) is 2.21. The number of methoxy groups -OCH3 is 3. The summed E-state index contributed by atoms with van der Waals surface area (Å²) in [6.07, 6.45) is 0. The van der Waals surface area contributed by atoms with Crippen LogP contribution in [-0.4, -0.2) is 58.2 Å². The summed E-state index contributed by atoms with van der Waals surface area (Å²) in [5, 5.41) is 5.65. The Morgan fingerprint density at radius 1 is 0.867 bits per heavy atom. The van der Waals surface area contributed by atoms with E-state index in [1.165, 1.54) is 0 Å². The van der Waals surface area contributed by atoms with E-state index in [2.05, 4.69) is 10.6 Å². The molecule has 8 nitrogen and oxygen atoms in total. The molecule has 0 aliphatic rings. The molecule has 0 spiro atoms. The summed E-state index contributed by atoms with van der Waals surface area (Å²) in [6.45, 7) is 2.42. The van der Waals surface area contributed by atoms with Crippen molar-refractivity contribution < 1.29 is 23.8 Å². The number of ether oxygens (including phenoxy) is 3. The number of nitrogens with zero attached hydrogens (tertiary/aromatic N) is 1. The highest BCUT2D eigenvalue weighted by Gasteiger charge is 2.14. The number of nitrogens with one attached hydrogen (secondary N) is 2. The summed E-state index contributed by atoms with van der Waals surface area (Å²) in [5.41, 5.74) is 2.60. The Hall–Kier alpha value is -3.26. The van der Waals surface area contributed by atoms with E-state index < -0.39 is 0 Å². The zero-order chi connectivity index (χ0) is 22.1. The van der Waals surface area contributed by atoms with E-state index >= 15 is 0 Å². The van der Waals surface area contributed by atoms with Crippen LogP contribution in [0.2, 0.25) is 0 Å². The molecule has 2 aromatic carbocycles. The van der Waals surface area contributed by atoms with E-state index in [9.17, 15) is 9.59 Å². The number of hydrogen-bond acceptors (Lipinski definition) is 6. The average Bonchev–Trinajstić information content (AvgIpc) is 2.72. The van der Waals surface area contributed by atoms with Crippen molar-refractivity contribution in [2.24, 2.45) is 0 Å². The number of benzene rings is 2. The van der Waals surface area contributed by atoms with E-state index in [1.54, 1.807) is 45.4 Å². The third-order valence-corrected chi connectivity index (χ3v) is 4.42. The quantitative estimate of drug-likeness (QED) is 0.619. The van der Waals surface area contributed by atoms with Gasteiger partial charge < -0.3 is 24.8 Å². The lowest BCUT2D eigenvalue weighted by molar-refractivity contribution is -0.123. The minimum Gasteiger partial charge on any atom is -0.496 e. The first-order chi connectivity index (χ1) is 14.4. The summed E-state index contributed by atoms with van der Waals surface area (Å²) >= 11 is 0. The van der Waals surface area contributed by atoms with Gasteiger partial charge in [-0.1, -0.05) is 17.7 Å². The molecule has 162 valence electrons. The van der Waals surface area contributed by atoms with E-state index in [4.69, 9.17) is 14.2 Å². The van der Waals surface area contributed by atoms with Crippen LogP contribution in [0.15, 0.2) is 36.4 Å². The lowest BCUT2D eigenvalue weighted by Gasteiger charge is -2.17. The van der Waals surface area contributed by atoms with Crippen molar-refractivity contribution in [3.8, 4) is 17.2 Å². The second-order valence-corrected chi connectivity index (χ2v) is 6.88. The Balaban J connectivity index is 1.86. The topological polar surface area (TPSA) is 89.1 Å². The Morgan fingerprint density at radius 3 is 2.03 bits per heavy atom. The minimum absolute atomic E-state index is 0.0803. The molecule has 0 unspecified atom stereocenters. The molecular weight excluding hydrogens is 386 g/mol. The second kappa shape index (κ2) is 11.1. The van der Waals surface area contributed by atoms with Gasteiger partial charge in [0.15, 0.2) is 11.5 Å². The number of carbonyl (C=O) groups excluding carboxylic acids is 2. The first-order valence-corrected chi connectivity index (χ1v) is 9.47.